The SMILES string of the molecule is Cc1c(C(C)NC(=O)c2ccc(=O)n(C3CCOCC3)c2)cccc1C(F)(F)F. The van der Waals surface area contributed by atoms with Gasteiger partial charge in [0.05, 0.1) is 17.2 Å². The molecule has 1 saturated heterocycles. The molecule has 3 rings (SSSR count). The molecule has 8 heteroatoms. The number of nitrogens with one attached hydrogen (secondary N) is 1. The molecule has 29 heavy (non-hydrogen) atoms. The van der Waals surface area contributed by atoms with Crippen LogP contribution >= 0.6 is 0 Å². The summed E-state index contributed by atoms with van der Waals surface area (Å²) in [6.45, 7) is 4.14. The highest BCUT2D eigenvalue weighted by atomic mass is 19.4. The lowest BCUT2D eigenvalue weighted by molar-refractivity contribution is -0.138. The van der Waals surface area contributed by atoms with Crippen molar-refractivity contribution in [2.45, 2.75) is 44.9 Å². The Bertz CT molecular complexity index is 947. The fraction of sp³-hybridized carbons (Fsp3) is 0.429. The van der Waals surface area contributed by atoms with Gasteiger partial charge in [-0.05, 0) is 49.9 Å². The molecule has 1 unspecified atom stereocenters. The van der Waals surface area contributed by atoms with E-state index in [9.17, 15) is 22.8 Å². The number of carbonyl (C=O) groups is 1. The number of amides is 1. The first-order chi connectivity index (χ1) is 13.7. The zero-order valence-electron chi connectivity index (χ0n) is 16.3. The molecule has 1 atom stereocenters. The number of aromatic nitrogens is 1. The minimum Gasteiger partial charge on any atom is -0.381 e. The number of carbonyl (C=O) groups excluding carboxylic acids is 1. The Labute approximate surface area is 166 Å². The number of hydrogen-bond acceptors (Lipinski definition) is 3. The first kappa shape index (κ1) is 21.1. The van der Waals surface area contributed by atoms with Crippen molar-refractivity contribution < 1.29 is 22.7 Å². The number of pyridine rings is 1. The van der Waals surface area contributed by atoms with E-state index >= 15 is 0 Å². The molecular formula is C21H23F3N2O3. The van der Waals surface area contributed by atoms with E-state index in [2.05, 4.69) is 5.32 Å². The van der Waals surface area contributed by atoms with Crippen LogP contribution < -0.4 is 10.9 Å². The topological polar surface area (TPSA) is 60.3 Å². The van der Waals surface area contributed by atoms with E-state index in [-0.39, 0.29) is 22.7 Å². The van der Waals surface area contributed by atoms with Gasteiger partial charge in [0.25, 0.3) is 11.5 Å². The predicted octanol–water partition coefficient (Wildman–Crippen LogP) is 4.02. The van der Waals surface area contributed by atoms with Gasteiger partial charge in [0.15, 0.2) is 0 Å². The third-order valence-electron chi connectivity index (χ3n) is 5.28. The highest BCUT2D eigenvalue weighted by Gasteiger charge is 2.33. The van der Waals surface area contributed by atoms with Gasteiger partial charge in [-0.25, -0.2) is 0 Å². The maximum atomic E-state index is 13.2. The van der Waals surface area contributed by atoms with Gasteiger partial charge in [0.1, 0.15) is 0 Å². The van der Waals surface area contributed by atoms with Gasteiger partial charge in [-0.15, -0.1) is 0 Å². The van der Waals surface area contributed by atoms with Gasteiger partial charge in [-0.1, -0.05) is 12.1 Å². The molecule has 1 aromatic carbocycles. The standard InChI is InChI=1S/C21H23F3N2O3/c1-13-17(4-3-5-18(13)21(22,23)24)14(2)25-20(28)15-6-7-19(27)26(12-15)16-8-10-29-11-9-16/h3-7,12,14,16H,8-11H2,1-2H3,(H,25,28). The summed E-state index contributed by atoms with van der Waals surface area (Å²) in [7, 11) is 0. The first-order valence-electron chi connectivity index (χ1n) is 9.46. The number of alkyl halides is 3. The smallest absolute Gasteiger partial charge is 0.381 e. The lowest BCUT2D eigenvalue weighted by atomic mass is 9.97. The van der Waals surface area contributed by atoms with Gasteiger partial charge in [-0.2, -0.15) is 13.2 Å². The van der Waals surface area contributed by atoms with Crippen LogP contribution in [0.4, 0.5) is 13.2 Å². The van der Waals surface area contributed by atoms with Crippen LogP contribution in [0.5, 0.6) is 0 Å². The van der Waals surface area contributed by atoms with Crippen molar-refractivity contribution in [1.29, 1.82) is 0 Å². The number of hydrogen-bond donors (Lipinski definition) is 1. The molecule has 5 nitrogen and oxygen atoms in total. The number of halogens is 3. The van der Waals surface area contributed by atoms with E-state index < -0.39 is 23.7 Å². The van der Waals surface area contributed by atoms with Gasteiger partial charge in [-0.3, -0.25) is 9.59 Å². The summed E-state index contributed by atoms with van der Waals surface area (Å²) in [5.74, 6) is -0.449. The van der Waals surface area contributed by atoms with Crippen molar-refractivity contribution >= 4 is 5.91 Å². The van der Waals surface area contributed by atoms with Crippen LogP contribution in [0.15, 0.2) is 41.3 Å². The van der Waals surface area contributed by atoms with Gasteiger partial charge >= 0.3 is 6.18 Å². The maximum Gasteiger partial charge on any atom is 0.416 e. The van der Waals surface area contributed by atoms with E-state index in [0.29, 0.717) is 31.6 Å². The summed E-state index contributed by atoms with van der Waals surface area (Å²) in [6, 6.07) is 6.03. The second-order valence-corrected chi connectivity index (χ2v) is 7.22. The zero-order valence-corrected chi connectivity index (χ0v) is 16.3. The third kappa shape index (κ3) is 4.70. The van der Waals surface area contributed by atoms with Gasteiger partial charge in [0, 0.05) is 31.5 Å². The monoisotopic (exact) mass is 408 g/mol. The number of nitrogens with zero attached hydrogens (tertiary/aromatic N) is 1. The largest absolute Gasteiger partial charge is 0.416 e. The lowest BCUT2D eigenvalue weighted by Gasteiger charge is -2.25. The molecule has 1 fully saturated rings. The lowest BCUT2D eigenvalue weighted by Crippen LogP contribution is -2.32. The van der Waals surface area contributed by atoms with Crippen molar-refractivity contribution in [2.24, 2.45) is 0 Å². The van der Waals surface area contributed by atoms with E-state index in [4.69, 9.17) is 4.74 Å². The Morgan fingerprint density at radius 3 is 2.55 bits per heavy atom. The maximum absolute atomic E-state index is 13.2. The van der Waals surface area contributed by atoms with Crippen LogP contribution in [0, 0.1) is 6.92 Å². The molecule has 0 bridgehead atoms. The molecule has 1 N–H and O–H groups in total. The van der Waals surface area contributed by atoms with Crippen molar-refractivity contribution in [3.05, 3.63) is 69.1 Å². The predicted molar refractivity (Wildman–Crippen MR) is 102 cm³/mol. The van der Waals surface area contributed by atoms with Crippen LogP contribution in [-0.4, -0.2) is 23.7 Å². The van der Waals surface area contributed by atoms with Crippen LogP contribution in [-0.2, 0) is 10.9 Å². The molecule has 0 saturated carbocycles. The number of rotatable bonds is 4. The minimum atomic E-state index is -4.46. The molecule has 1 aliphatic heterocycles. The summed E-state index contributed by atoms with van der Waals surface area (Å²) in [4.78, 5) is 24.9. The average molecular weight is 408 g/mol. The van der Waals surface area contributed by atoms with Crippen LogP contribution in [0.1, 0.15) is 58.9 Å². The highest BCUT2D eigenvalue weighted by Crippen LogP contribution is 2.34. The summed E-state index contributed by atoms with van der Waals surface area (Å²) in [6.07, 6.45) is -1.57. The first-order valence-corrected chi connectivity index (χ1v) is 9.46. The summed E-state index contributed by atoms with van der Waals surface area (Å²) in [5.41, 5.74) is -0.155. The Kier molecular flexibility index (Phi) is 6.12. The summed E-state index contributed by atoms with van der Waals surface area (Å²) >= 11 is 0. The van der Waals surface area contributed by atoms with Crippen LogP contribution in [0.3, 0.4) is 0 Å². The molecule has 0 spiro atoms. The number of benzene rings is 1. The van der Waals surface area contributed by atoms with Gasteiger partial charge in [0.2, 0.25) is 0 Å². The van der Waals surface area contributed by atoms with Crippen molar-refractivity contribution in [2.75, 3.05) is 13.2 Å². The molecule has 1 aromatic heterocycles. The Morgan fingerprint density at radius 1 is 1.21 bits per heavy atom. The summed E-state index contributed by atoms with van der Waals surface area (Å²) in [5, 5.41) is 2.74. The Morgan fingerprint density at radius 2 is 1.90 bits per heavy atom. The highest BCUT2D eigenvalue weighted by molar-refractivity contribution is 5.94. The zero-order chi connectivity index (χ0) is 21.2. The van der Waals surface area contributed by atoms with Crippen LogP contribution in [0.2, 0.25) is 0 Å². The molecule has 0 aliphatic carbocycles. The van der Waals surface area contributed by atoms with Crippen molar-refractivity contribution in [3.63, 3.8) is 0 Å². The van der Waals surface area contributed by atoms with E-state index in [0.717, 1.165) is 6.07 Å². The normalized spacial score (nSPS) is 16.4. The van der Waals surface area contributed by atoms with Crippen molar-refractivity contribution in [1.82, 2.24) is 9.88 Å². The quantitative estimate of drug-likeness (QED) is 0.831. The van der Waals surface area contributed by atoms with Gasteiger partial charge < -0.3 is 14.6 Å². The van der Waals surface area contributed by atoms with Crippen LogP contribution in [0.25, 0.3) is 0 Å². The fourth-order valence-electron chi connectivity index (χ4n) is 3.67. The molecule has 2 aromatic rings. The Hall–Kier alpha value is -2.61. The number of ether oxygens (including phenoxy) is 1. The second kappa shape index (κ2) is 8.41. The molecule has 156 valence electrons. The van der Waals surface area contributed by atoms with E-state index in [1.54, 1.807) is 13.0 Å². The summed E-state index contributed by atoms with van der Waals surface area (Å²) < 4.78 is 46.3. The van der Waals surface area contributed by atoms with Crippen molar-refractivity contribution in [3.8, 4) is 0 Å². The minimum absolute atomic E-state index is 0.0351. The molecule has 1 amide bonds. The second-order valence-electron chi connectivity index (χ2n) is 7.22. The Balaban J connectivity index is 1.81. The molecule has 2 heterocycles. The average Bonchev–Trinajstić information content (AvgIpc) is 2.68. The van der Waals surface area contributed by atoms with E-state index in [1.165, 1.54) is 35.9 Å². The molecule has 1 aliphatic rings. The third-order valence-corrected chi connectivity index (χ3v) is 5.28. The fourth-order valence-corrected chi connectivity index (χ4v) is 3.67. The van der Waals surface area contributed by atoms with E-state index in [1.807, 2.05) is 0 Å². The molecular weight excluding hydrogens is 385 g/mol. The molecule has 0 radical (unpaired) electrons.